The summed E-state index contributed by atoms with van der Waals surface area (Å²) in [5.74, 6) is 0. The standard InChI is InChI=1S/C8H10N4O/c9-7-3-1-2-4-8(7)10-12-5-6-13-11-12/h1-6,10-11H,9H2. The Labute approximate surface area is 75.7 Å². The molecule has 2 rings (SSSR count). The van der Waals surface area contributed by atoms with Crippen LogP contribution in [-0.2, 0) is 4.84 Å². The van der Waals surface area contributed by atoms with Crippen molar-refractivity contribution in [3.63, 3.8) is 0 Å². The summed E-state index contributed by atoms with van der Waals surface area (Å²) in [7, 11) is 0. The first kappa shape index (κ1) is 7.75. The van der Waals surface area contributed by atoms with E-state index in [2.05, 4.69) is 11.0 Å². The van der Waals surface area contributed by atoms with E-state index in [0.717, 1.165) is 5.69 Å². The number of hydrogen-bond donors (Lipinski definition) is 3. The van der Waals surface area contributed by atoms with Crippen LogP contribution in [0.2, 0.25) is 0 Å². The zero-order chi connectivity index (χ0) is 9.10. The van der Waals surface area contributed by atoms with Crippen LogP contribution in [-0.4, -0.2) is 5.12 Å². The summed E-state index contributed by atoms with van der Waals surface area (Å²) >= 11 is 0. The highest BCUT2D eigenvalue weighted by molar-refractivity contribution is 5.65. The number of hydrazine groups is 2. The lowest BCUT2D eigenvalue weighted by atomic mass is 10.3. The second-order valence-electron chi connectivity index (χ2n) is 2.56. The number of rotatable bonds is 2. The molecule has 1 aromatic carbocycles. The molecule has 0 fully saturated rings. The Morgan fingerprint density at radius 1 is 1.38 bits per heavy atom. The van der Waals surface area contributed by atoms with Gasteiger partial charge in [-0.05, 0) is 17.7 Å². The molecule has 0 bridgehead atoms. The van der Waals surface area contributed by atoms with Gasteiger partial charge in [-0.1, -0.05) is 12.1 Å². The van der Waals surface area contributed by atoms with Crippen LogP contribution in [0.3, 0.4) is 0 Å². The first-order valence-corrected chi connectivity index (χ1v) is 3.84. The lowest BCUT2D eigenvalue weighted by Crippen LogP contribution is -2.33. The highest BCUT2D eigenvalue weighted by Crippen LogP contribution is 2.17. The Kier molecular flexibility index (Phi) is 1.93. The predicted molar refractivity (Wildman–Crippen MR) is 49.7 cm³/mol. The summed E-state index contributed by atoms with van der Waals surface area (Å²) in [6.07, 6.45) is 3.22. The molecule has 1 aliphatic rings. The van der Waals surface area contributed by atoms with E-state index in [1.807, 2.05) is 24.3 Å². The van der Waals surface area contributed by atoms with E-state index < -0.39 is 0 Å². The highest BCUT2D eigenvalue weighted by atomic mass is 16.7. The number of benzene rings is 1. The lowest BCUT2D eigenvalue weighted by molar-refractivity contribution is 0.0514. The van der Waals surface area contributed by atoms with Crippen LogP contribution in [0.15, 0.2) is 36.7 Å². The van der Waals surface area contributed by atoms with Crippen molar-refractivity contribution in [2.24, 2.45) is 0 Å². The van der Waals surface area contributed by atoms with Gasteiger partial charge in [0.15, 0.2) is 0 Å². The monoisotopic (exact) mass is 178 g/mol. The summed E-state index contributed by atoms with van der Waals surface area (Å²) in [5, 5.41) is 1.56. The van der Waals surface area contributed by atoms with Gasteiger partial charge in [0.2, 0.25) is 0 Å². The van der Waals surface area contributed by atoms with Gasteiger partial charge in [-0.15, -0.1) is 0 Å². The second-order valence-corrected chi connectivity index (χ2v) is 2.56. The van der Waals surface area contributed by atoms with Gasteiger partial charge in [0, 0.05) is 0 Å². The smallest absolute Gasteiger partial charge is 0.133 e. The minimum absolute atomic E-state index is 0.685. The van der Waals surface area contributed by atoms with Crippen LogP contribution in [0.5, 0.6) is 0 Å². The Morgan fingerprint density at radius 2 is 2.23 bits per heavy atom. The average molecular weight is 178 g/mol. The third kappa shape index (κ3) is 1.65. The molecule has 0 aromatic heterocycles. The molecule has 0 aliphatic carbocycles. The first-order chi connectivity index (χ1) is 6.36. The molecular formula is C8H10N4O. The predicted octanol–water partition coefficient (Wildman–Crippen LogP) is 0.819. The minimum atomic E-state index is 0.685. The van der Waals surface area contributed by atoms with E-state index >= 15 is 0 Å². The molecule has 0 saturated heterocycles. The number of nitrogens with two attached hydrogens (primary N) is 1. The molecule has 13 heavy (non-hydrogen) atoms. The molecule has 5 nitrogen and oxygen atoms in total. The molecule has 0 unspecified atom stereocenters. The molecule has 0 spiro atoms. The largest absolute Gasteiger partial charge is 0.397 e. The van der Waals surface area contributed by atoms with Gasteiger partial charge in [-0.2, -0.15) is 5.12 Å². The van der Waals surface area contributed by atoms with Crippen molar-refractivity contribution in [1.29, 1.82) is 0 Å². The fraction of sp³-hybridized carbons (Fsp3) is 0. The quantitative estimate of drug-likeness (QED) is 0.585. The second kappa shape index (κ2) is 3.24. The van der Waals surface area contributed by atoms with E-state index in [-0.39, 0.29) is 0 Å². The summed E-state index contributed by atoms with van der Waals surface area (Å²) in [4.78, 5) is 4.76. The normalized spacial score (nSPS) is 14.3. The summed E-state index contributed by atoms with van der Waals surface area (Å²) in [6, 6.07) is 7.48. The molecule has 0 saturated carbocycles. The number of nitrogens with zero attached hydrogens (tertiary/aromatic N) is 1. The van der Waals surface area contributed by atoms with Crippen LogP contribution < -0.4 is 16.7 Å². The summed E-state index contributed by atoms with van der Waals surface area (Å²) < 4.78 is 0. The minimum Gasteiger partial charge on any atom is -0.397 e. The molecule has 1 aliphatic heterocycles. The average Bonchev–Trinajstić information content (AvgIpc) is 2.61. The molecule has 0 radical (unpaired) electrons. The van der Waals surface area contributed by atoms with E-state index in [1.54, 1.807) is 11.3 Å². The maximum Gasteiger partial charge on any atom is 0.133 e. The van der Waals surface area contributed by atoms with Crippen molar-refractivity contribution in [2.45, 2.75) is 0 Å². The number of nitrogens with one attached hydrogen (secondary N) is 2. The maximum atomic E-state index is 5.72. The molecular weight excluding hydrogens is 168 g/mol. The molecule has 1 heterocycles. The Morgan fingerprint density at radius 3 is 2.92 bits per heavy atom. The van der Waals surface area contributed by atoms with Gasteiger partial charge in [0.05, 0.1) is 17.6 Å². The summed E-state index contributed by atoms with van der Waals surface area (Å²) in [5.41, 5.74) is 12.8. The third-order valence-electron chi connectivity index (χ3n) is 1.63. The molecule has 0 amide bonds. The van der Waals surface area contributed by atoms with Gasteiger partial charge in [0.25, 0.3) is 0 Å². The topological polar surface area (TPSA) is 62.5 Å². The molecule has 0 atom stereocenters. The fourth-order valence-corrected chi connectivity index (χ4v) is 0.998. The van der Waals surface area contributed by atoms with E-state index in [9.17, 15) is 0 Å². The number of para-hydroxylation sites is 2. The van der Waals surface area contributed by atoms with Crippen molar-refractivity contribution in [3.05, 3.63) is 36.7 Å². The van der Waals surface area contributed by atoms with Crippen molar-refractivity contribution >= 4 is 11.4 Å². The molecule has 68 valence electrons. The van der Waals surface area contributed by atoms with Gasteiger partial charge in [-0.3, -0.25) is 5.43 Å². The third-order valence-corrected chi connectivity index (χ3v) is 1.63. The van der Waals surface area contributed by atoms with Crippen LogP contribution >= 0.6 is 0 Å². The van der Waals surface area contributed by atoms with Gasteiger partial charge in [0.1, 0.15) is 6.26 Å². The van der Waals surface area contributed by atoms with E-state index in [1.165, 1.54) is 6.26 Å². The van der Waals surface area contributed by atoms with E-state index in [4.69, 9.17) is 10.6 Å². The zero-order valence-electron chi connectivity index (χ0n) is 6.90. The van der Waals surface area contributed by atoms with Gasteiger partial charge >= 0.3 is 0 Å². The van der Waals surface area contributed by atoms with Crippen molar-refractivity contribution < 1.29 is 4.84 Å². The van der Waals surface area contributed by atoms with Gasteiger partial charge in [-0.25, -0.2) is 0 Å². The van der Waals surface area contributed by atoms with Crippen LogP contribution in [0, 0.1) is 0 Å². The number of nitrogen functional groups attached to an aromatic ring is 1. The lowest BCUT2D eigenvalue weighted by Gasteiger charge is -2.17. The van der Waals surface area contributed by atoms with Gasteiger partial charge < -0.3 is 10.6 Å². The number of hydrogen-bond acceptors (Lipinski definition) is 5. The SMILES string of the molecule is Nc1ccccc1NN1C=CON1. The summed E-state index contributed by atoms with van der Waals surface area (Å²) in [6.45, 7) is 0. The van der Waals surface area contributed by atoms with Crippen LogP contribution in [0.1, 0.15) is 0 Å². The van der Waals surface area contributed by atoms with Crippen molar-refractivity contribution in [3.8, 4) is 0 Å². The maximum absolute atomic E-state index is 5.72. The number of anilines is 2. The Balaban J connectivity index is 2.09. The highest BCUT2D eigenvalue weighted by Gasteiger charge is 2.04. The Bertz CT molecular complexity index is 326. The van der Waals surface area contributed by atoms with E-state index in [0.29, 0.717) is 5.69 Å². The zero-order valence-corrected chi connectivity index (χ0v) is 6.90. The molecule has 4 N–H and O–H groups in total. The van der Waals surface area contributed by atoms with Crippen LogP contribution in [0.4, 0.5) is 11.4 Å². The van der Waals surface area contributed by atoms with Crippen molar-refractivity contribution in [1.82, 2.24) is 10.7 Å². The van der Waals surface area contributed by atoms with Crippen molar-refractivity contribution in [2.75, 3.05) is 11.2 Å². The molecule has 5 heteroatoms. The molecule has 1 aromatic rings. The van der Waals surface area contributed by atoms with Crippen LogP contribution in [0.25, 0.3) is 0 Å². The fourth-order valence-electron chi connectivity index (χ4n) is 0.998. The first-order valence-electron chi connectivity index (χ1n) is 3.84. The Hall–Kier alpha value is -1.88.